The number of anilines is 1. The summed E-state index contributed by atoms with van der Waals surface area (Å²) in [6.07, 6.45) is 0.873. The van der Waals surface area contributed by atoms with E-state index in [9.17, 15) is 4.21 Å². The van der Waals surface area contributed by atoms with Crippen molar-refractivity contribution in [2.24, 2.45) is 0 Å². The van der Waals surface area contributed by atoms with Crippen molar-refractivity contribution in [3.8, 4) is 6.07 Å². The van der Waals surface area contributed by atoms with Crippen LogP contribution in [0.4, 0.5) is 5.69 Å². The molecule has 0 aliphatic heterocycles. The zero-order valence-electron chi connectivity index (χ0n) is 7.99. The molecule has 0 fully saturated rings. The zero-order chi connectivity index (χ0) is 10.4. The van der Waals surface area contributed by atoms with Crippen LogP contribution in [0.25, 0.3) is 0 Å². The summed E-state index contributed by atoms with van der Waals surface area (Å²) < 4.78 is 14.2. The van der Waals surface area contributed by atoms with E-state index in [0.717, 1.165) is 12.1 Å². The standard InChI is InChI=1S/C10H12N2OS/c1-2-6-14(13)12-10-5-3-4-9(7-10)8-11/h3-5,7,12H,2,6H2,1H3. The third kappa shape index (κ3) is 3.19. The molecule has 0 saturated heterocycles. The van der Waals surface area contributed by atoms with Crippen LogP contribution in [0.1, 0.15) is 18.9 Å². The van der Waals surface area contributed by atoms with E-state index in [-0.39, 0.29) is 0 Å². The van der Waals surface area contributed by atoms with Crippen LogP contribution in [0.2, 0.25) is 0 Å². The molecular formula is C10H12N2OS. The lowest BCUT2D eigenvalue weighted by molar-refractivity contribution is 0.685. The highest BCUT2D eigenvalue weighted by atomic mass is 32.2. The maximum atomic E-state index is 11.3. The normalized spacial score (nSPS) is 11.7. The van der Waals surface area contributed by atoms with Gasteiger partial charge < -0.3 is 4.72 Å². The predicted octanol–water partition coefficient (Wildman–Crippen LogP) is 2.04. The molecule has 74 valence electrons. The lowest BCUT2D eigenvalue weighted by Crippen LogP contribution is -2.07. The van der Waals surface area contributed by atoms with Crippen LogP contribution in [0.5, 0.6) is 0 Å². The van der Waals surface area contributed by atoms with Gasteiger partial charge in [0.15, 0.2) is 0 Å². The van der Waals surface area contributed by atoms with Gasteiger partial charge >= 0.3 is 0 Å². The van der Waals surface area contributed by atoms with E-state index >= 15 is 0 Å². The molecule has 4 heteroatoms. The second-order valence-electron chi connectivity index (χ2n) is 2.84. The monoisotopic (exact) mass is 208 g/mol. The molecule has 1 atom stereocenters. The molecule has 14 heavy (non-hydrogen) atoms. The van der Waals surface area contributed by atoms with E-state index in [1.807, 2.05) is 13.0 Å². The fourth-order valence-corrected chi connectivity index (χ4v) is 1.88. The Bertz CT molecular complexity index is 371. The predicted molar refractivity (Wildman–Crippen MR) is 58.1 cm³/mol. The van der Waals surface area contributed by atoms with E-state index in [1.54, 1.807) is 24.3 Å². The molecule has 1 aromatic rings. The van der Waals surface area contributed by atoms with Gasteiger partial charge in [-0.15, -0.1) is 0 Å². The van der Waals surface area contributed by atoms with E-state index in [2.05, 4.69) is 4.72 Å². The van der Waals surface area contributed by atoms with Crippen LogP contribution < -0.4 is 4.72 Å². The van der Waals surface area contributed by atoms with E-state index < -0.39 is 11.0 Å². The van der Waals surface area contributed by atoms with Crippen molar-refractivity contribution in [3.63, 3.8) is 0 Å². The van der Waals surface area contributed by atoms with Crippen molar-refractivity contribution < 1.29 is 4.21 Å². The van der Waals surface area contributed by atoms with Gasteiger partial charge in [0.2, 0.25) is 0 Å². The highest BCUT2D eigenvalue weighted by Gasteiger charge is 1.99. The Morgan fingerprint density at radius 2 is 2.36 bits per heavy atom. The first-order chi connectivity index (χ1) is 6.76. The molecule has 0 amide bonds. The molecule has 1 N–H and O–H groups in total. The first kappa shape index (κ1) is 10.7. The van der Waals surface area contributed by atoms with Crippen molar-refractivity contribution in [3.05, 3.63) is 29.8 Å². The van der Waals surface area contributed by atoms with Crippen LogP contribution in [0, 0.1) is 11.3 Å². The summed E-state index contributed by atoms with van der Waals surface area (Å²) in [4.78, 5) is 0. The molecule has 0 aliphatic rings. The Morgan fingerprint density at radius 1 is 1.57 bits per heavy atom. The molecule has 3 nitrogen and oxygen atoms in total. The lowest BCUT2D eigenvalue weighted by Gasteiger charge is -2.04. The highest BCUT2D eigenvalue weighted by molar-refractivity contribution is 7.86. The van der Waals surface area contributed by atoms with Gasteiger partial charge in [0, 0.05) is 11.4 Å². The molecule has 0 aromatic heterocycles. The molecule has 0 saturated carbocycles. The van der Waals surface area contributed by atoms with Crippen LogP contribution in [-0.2, 0) is 11.0 Å². The number of nitriles is 1. The smallest absolute Gasteiger partial charge is 0.117 e. The molecule has 1 rings (SSSR count). The van der Waals surface area contributed by atoms with E-state index in [1.165, 1.54) is 0 Å². The maximum Gasteiger partial charge on any atom is 0.117 e. The van der Waals surface area contributed by atoms with Crippen molar-refractivity contribution in [1.29, 1.82) is 5.26 Å². The Balaban J connectivity index is 2.68. The third-order valence-electron chi connectivity index (χ3n) is 1.61. The summed E-state index contributed by atoms with van der Waals surface area (Å²) in [5.74, 6) is 0.622. The second-order valence-corrected chi connectivity index (χ2v) is 4.15. The molecule has 0 aliphatic carbocycles. The van der Waals surface area contributed by atoms with Gasteiger partial charge in [-0.25, -0.2) is 4.21 Å². The minimum atomic E-state index is -1.04. The first-order valence-electron chi connectivity index (χ1n) is 4.41. The van der Waals surface area contributed by atoms with Crippen molar-refractivity contribution in [2.75, 3.05) is 10.5 Å². The minimum Gasteiger partial charge on any atom is -0.305 e. The lowest BCUT2D eigenvalue weighted by atomic mass is 10.2. The summed E-state index contributed by atoms with van der Waals surface area (Å²) in [5, 5.41) is 8.65. The summed E-state index contributed by atoms with van der Waals surface area (Å²) in [5.41, 5.74) is 1.30. The van der Waals surface area contributed by atoms with Crippen molar-refractivity contribution >= 4 is 16.7 Å². The molecule has 1 unspecified atom stereocenters. The van der Waals surface area contributed by atoms with Crippen LogP contribution in [-0.4, -0.2) is 9.96 Å². The zero-order valence-corrected chi connectivity index (χ0v) is 8.80. The van der Waals surface area contributed by atoms with E-state index in [4.69, 9.17) is 5.26 Å². The topological polar surface area (TPSA) is 52.9 Å². The Kier molecular flexibility index (Phi) is 4.14. The van der Waals surface area contributed by atoms with Crippen LogP contribution >= 0.6 is 0 Å². The average molecular weight is 208 g/mol. The maximum absolute atomic E-state index is 11.3. The average Bonchev–Trinajstić information content (AvgIpc) is 2.18. The SMILES string of the molecule is CCCS(=O)Nc1cccc(C#N)c1. The summed E-state index contributed by atoms with van der Waals surface area (Å²) in [6.45, 7) is 1.98. The third-order valence-corrected chi connectivity index (χ3v) is 2.86. The first-order valence-corrected chi connectivity index (χ1v) is 5.73. The van der Waals surface area contributed by atoms with Gasteiger partial charge in [-0.2, -0.15) is 5.26 Å². The van der Waals surface area contributed by atoms with Gasteiger partial charge in [0.25, 0.3) is 0 Å². The van der Waals surface area contributed by atoms with Crippen molar-refractivity contribution in [2.45, 2.75) is 13.3 Å². The van der Waals surface area contributed by atoms with Crippen LogP contribution in [0.3, 0.4) is 0 Å². The molecule has 0 spiro atoms. The summed E-state index contributed by atoms with van der Waals surface area (Å²) in [6, 6.07) is 9.01. The highest BCUT2D eigenvalue weighted by Crippen LogP contribution is 2.10. The summed E-state index contributed by atoms with van der Waals surface area (Å²) >= 11 is 0. The van der Waals surface area contributed by atoms with Gasteiger partial charge in [-0.3, -0.25) is 0 Å². The molecule has 0 bridgehead atoms. The van der Waals surface area contributed by atoms with Gasteiger partial charge in [0.05, 0.1) is 11.6 Å². The number of hydrogen-bond acceptors (Lipinski definition) is 2. The van der Waals surface area contributed by atoms with Gasteiger partial charge in [0.1, 0.15) is 11.0 Å². The fourth-order valence-electron chi connectivity index (χ4n) is 1.02. The van der Waals surface area contributed by atoms with E-state index in [0.29, 0.717) is 11.3 Å². The second kappa shape index (κ2) is 5.40. The number of nitrogens with zero attached hydrogens (tertiary/aromatic N) is 1. The molecule has 0 radical (unpaired) electrons. The minimum absolute atomic E-state index is 0.573. The summed E-state index contributed by atoms with van der Waals surface area (Å²) in [7, 11) is -1.04. The molecular weight excluding hydrogens is 196 g/mol. The number of benzene rings is 1. The number of hydrogen-bond donors (Lipinski definition) is 1. The number of nitrogens with one attached hydrogen (secondary N) is 1. The number of rotatable bonds is 4. The fraction of sp³-hybridized carbons (Fsp3) is 0.300. The van der Waals surface area contributed by atoms with Crippen molar-refractivity contribution in [1.82, 2.24) is 0 Å². The Morgan fingerprint density at radius 3 is 3.00 bits per heavy atom. The van der Waals surface area contributed by atoms with Gasteiger partial charge in [-0.1, -0.05) is 13.0 Å². The largest absolute Gasteiger partial charge is 0.305 e. The van der Waals surface area contributed by atoms with Crippen LogP contribution in [0.15, 0.2) is 24.3 Å². The molecule has 1 aromatic carbocycles. The van der Waals surface area contributed by atoms with Gasteiger partial charge in [-0.05, 0) is 24.6 Å². The quantitative estimate of drug-likeness (QED) is 0.823. The Labute approximate surface area is 86.3 Å². The Hall–Kier alpha value is -1.34. The molecule has 0 heterocycles.